The molecule has 2 atom stereocenters. The van der Waals surface area contributed by atoms with Crippen LogP contribution < -0.4 is 10.6 Å². The Labute approximate surface area is 142 Å². The molecule has 2 N–H and O–H groups in total. The zero-order valence-electron chi connectivity index (χ0n) is 14.2. The zero-order valence-corrected chi connectivity index (χ0v) is 14.2. The van der Waals surface area contributed by atoms with Gasteiger partial charge in [0.1, 0.15) is 6.10 Å². The molecule has 0 unspecified atom stereocenters. The minimum absolute atomic E-state index is 0.0201. The third kappa shape index (κ3) is 4.14. The lowest BCUT2D eigenvalue weighted by Crippen LogP contribution is -2.44. The maximum Gasteiger partial charge on any atom is 0.315 e. The van der Waals surface area contributed by atoms with Crippen LogP contribution in [0.15, 0.2) is 36.8 Å². The number of benzene rings is 1. The molecule has 2 aromatic rings. The summed E-state index contributed by atoms with van der Waals surface area (Å²) < 4.78 is 7.79. The van der Waals surface area contributed by atoms with Crippen molar-refractivity contribution in [3.05, 3.63) is 53.6 Å². The number of carbonyl (C=O) groups is 1. The summed E-state index contributed by atoms with van der Waals surface area (Å²) in [6, 6.07) is 8.11. The van der Waals surface area contributed by atoms with E-state index in [0.717, 1.165) is 24.1 Å². The molecule has 128 valence electrons. The molecule has 24 heavy (non-hydrogen) atoms. The number of hydrogen-bond acceptors (Lipinski definition) is 3. The Morgan fingerprint density at radius 1 is 1.46 bits per heavy atom. The number of amides is 2. The van der Waals surface area contributed by atoms with Crippen molar-refractivity contribution in [3.8, 4) is 0 Å². The third-order valence-electron chi connectivity index (χ3n) is 4.34. The maximum absolute atomic E-state index is 12.1. The van der Waals surface area contributed by atoms with Crippen LogP contribution in [0.2, 0.25) is 0 Å². The van der Waals surface area contributed by atoms with E-state index in [1.54, 1.807) is 6.33 Å². The summed E-state index contributed by atoms with van der Waals surface area (Å²) >= 11 is 0. The fourth-order valence-electron chi connectivity index (χ4n) is 3.05. The number of aryl methyl sites for hydroxylation is 2. The normalized spacial score (nSPS) is 20.6. The largest absolute Gasteiger partial charge is 0.372 e. The van der Waals surface area contributed by atoms with Crippen LogP contribution >= 0.6 is 0 Å². The highest BCUT2D eigenvalue weighted by molar-refractivity contribution is 5.74. The number of imidazole rings is 1. The highest BCUT2D eigenvalue weighted by Crippen LogP contribution is 2.27. The highest BCUT2D eigenvalue weighted by Gasteiger charge is 2.26. The van der Waals surface area contributed by atoms with Crippen molar-refractivity contribution < 1.29 is 9.53 Å². The van der Waals surface area contributed by atoms with Gasteiger partial charge in [-0.3, -0.25) is 0 Å². The first-order chi connectivity index (χ1) is 11.6. The molecule has 1 aliphatic heterocycles. The summed E-state index contributed by atoms with van der Waals surface area (Å²) in [4.78, 5) is 16.3. The molecule has 1 aliphatic rings. The van der Waals surface area contributed by atoms with E-state index < -0.39 is 0 Å². The Morgan fingerprint density at radius 3 is 3.08 bits per heavy atom. The Bertz CT molecular complexity index is 698. The van der Waals surface area contributed by atoms with Gasteiger partial charge in [-0.2, -0.15) is 0 Å². The average Bonchev–Trinajstić information content (AvgIpc) is 2.99. The van der Waals surface area contributed by atoms with Crippen LogP contribution in [0.25, 0.3) is 0 Å². The molecule has 6 heteroatoms. The number of rotatable bonds is 4. The van der Waals surface area contributed by atoms with Crippen LogP contribution in [0.3, 0.4) is 0 Å². The number of hydrogen-bond donors (Lipinski definition) is 2. The van der Waals surface area contributed by atoms with Crippen molar-refractivity contribution in [3.63, 3.8) is 0 Å². The van der Waals surface area contributed by atoms with Gasteiger partial charge in [-0.05, 0) is 25.3 Å². The molecule has 0 saturated carbocycles. The molecular weight excluding hydrogens is 304 g/mol. The van der Waals surface area contributed by atoms with E-state index in [0.29, 0.717) is 13.2 Å². The lowest BCUT2D eigenvalue weighted by molar-refractivity contribution is -0.00178. The maximum atomic E-state index is 12.1. The molecule has 0 spiro atoms. The van der Waals surface area contributed by atoms with Gasteiger partial charge >= 0.3 is 6.03 Å². The molecule has 2 heterocycles. The van der Waals surface area contributed by atoms with Crippen LogP contribution in [-0.4, -0.2) is 28.2 Å². The molecule has 0 aliphatic carbocycles. The van der Waals surface area contributed by atoms with Gasteiger partial charge < -0.3 is 19.9 Å². The summed E-state index contributed by atoms with van der Waals surface area (Å²) in [6.07, 6.45) is 5.16. The van der Waals surface area contributed by atoms with E-state index in [1.807, 2.05) is 42.9 Å². The number of aromatic nitrogens is 2. The van der Waals surface area contributed by atoms with E-state index in [2.05, 4.69) is 21.7 Å². The van der Waals surface area contributed by atoms with Gasteiger partial charge in [0.05, 0.1) is 18.2 Å². The van der Waals surface area contributed by atoms with Crippen LogP contribution in [-0.2, 0) is 18.3 Å². The molecule has 1 fully saturated rings. The van der Waals surface area contributed by atoms with Crippen LogP contribution in [0, 0.1) is 6.92 Å². The second kappa shape index (κ2) is 7.49. The molecule has 0 radical (unpaired) electrons. The number of carbonyl (C=O) groups excluding carboxylic acids is 1. The topological polar surface area (TPSA) is 68.2 Å². The third-order valence-corrected chi connectivity index (χ3v) is 4.34. The minimum Gasteiger partial charge on any atom is -0.372 e. The standard InChI is InChI=1S/C18H24N4O2/c1-13-4-3-5-14(8-13)10-20-18(23)21-15-6-7-24-17(9-15)16-11-19-12-22(16)2/h3-5,8,11-12,15,17H,6-7,9-10H2,1-2H3,(H2,20,21,23)/t15-,17+/m0/s1. The van der Waals surface area contributed by atoms with Crippen LogP contribution in [0.5, 0.6) is 0 Å². The Morgan fingerprint density at radius 2 is 2.33 bits per heavy atom. The first-order valence-corrected chi connectivity index (χ1v) is 8.29. The first-order valence-electron chi connectivity index (χ1n) is 8.29. The SMILES string of the molecule is Cc1cccc(CNC(=O)N[C@H]2CCO[C@@H](c3cncn3C)C2)c1. The summed E-state index contributed by atoms with van der Waals surface area (Å²) in [6.45, 7) is 3.21. The molecule has 1 aromatic carbocycles. The summed E-state index contributed by atoms with van der Waals surface area (Å²) in [5, 5.41) is 5.98. The fourth-order valence-corrected chi connectivity index (χ4v) is 3.05. The summed E-state index contributed by atoms with van der Waals surface area (Å²) in [5.41, 5.74) is 3.34. The average molecular weight is 328 g/mol. The van der Waals surface area contributed by atoms with Crippen molar-refractivity contribution in [2.24, 2.45) is 7.05 Å². The predicted octanol–water partition coefficient (Wildman–Crippen LogP) is 2.45. The van der Waals surface area contributed by atoms with Crippen molar-refractivity contribution in [1.29, 1.82) is 0 Å². The van der Waals surface area contributed by atoms with E-state index in [9.17, 15) is 4.79 Å². The summed E-state index contributed by atoms with van der Waals surface area (Å²) in [5.74, 6) is 0. The number of ether oxygens (including phenoxy) is 1. The minimum atomic E-state index is -0.132. The Kier molecular flexibility index (Phi) is 5.15. The second-order valence-corrected chi connectivity index (χ2v) is 6.33. The van der Waals surface area contributed by atoms with Crippen molar-refractivity contribution >= 4 is 6.03 Å². The number of nitrogens with zero attached hydrogens (tertiary/aromatic N) is 2. The van der Waals surface area contributed by atoms with Crippen LogP contribution in [0.1, 0.15) is 35.8 Å². The second-order valence-electron chi connectivity index (χ2n) is 6.33. The van der Waals surface area contributed by atoms with E-state index in [4.69, 9.17) is 4.74 Å². The number of nitrogens with one attached hydrogen (secondary N) is 2. The van der Waals surface area contributed by atoms with E-state index >= 15 is 0 Å². The lowest BCUT2D eigenvalue weighted by atomic mass is 10.0. The van der Waals surface area contributed by atoms with Gasteiger partial charge in [-0.25, -0.2) is 9.78 Å². The first kappa shape index (κ1) is 16.5. The zero-order chi connectivity index (χ0) is 16.9. The van der Waals surface area contributed by atoms with Gasteiger partial charge in [0.25, 0.3) is 0 Å². The molecule has 2 amide bonds. The molecule has 1 aromatic heterocycles. The van der Waals surface area contributed by atoms with Crippen molar-refractivity contribution in [2.75, 3.05) is 6.61 Å². The predicted molar refractivity (Wildman–Crippen MR) is 91.5 cm³/mol. The van der Waals surface area contributed by atoms with Gasteiger partial charge in [0.2, 0.25) is 0 Å². The monoisotopic (exact) mass is 328 g/mol. The quantitative estimate of drug-likeness (QED) is 0.906. The molecular formula is C18H24N4O2. The number of urea groups is 1. The lowest BCUT2D eigenvalue weighted by Gasteiger charge is -2.30. The molecule has 1 saturated heterocycles. The molecule has 0 bridgehead atoms. The van der Waals surface area contributed by atoms with Crippen molar-refractivity contribution in [2.45, 2.75) is 38.5 Å². The Balaban J connectivity index is 1.50. The van der Waals surface area contributed by atoms with Gasteiger partial charge in [-0.1, -0.05) is 29.8 Å². The van der Waals surface area contributed by atoms with E-state index in [1.165, 1.54) is 5.56 Å². The van der Waals surface area contributed by atoms with Gasteiger partial charge in [0.15, 0.2) is 0 Å². The Hall–Kier alpha value is -2.34. The van der Waals surface area contributed by atoms with Crippen LogP contribution in [0.4, 0.5) is 4.79 Å². The van der Waals surface area contributed by atoms with E-state index in [-0.39, 0.29) is 18.2 Å². The fraction of sp³-hybridized carbons (Fsp3) is 0.444. The van der Waals surface area contributed by atoms with Crippen molar-refractivity contribution in [1.82, 2.24) is 20.2 Å². The highest BCUT2D eigenvalue weighted by atomic mass is 16.5. The molecule has 6 nitrogen and oxygen atoms in total. The van der Waals surface area contributed by atoms with Gasteiger partial charge in [0, 0.05) is 26.2 Å². The summed E-state index contributed by atoms with van der Waals surface area (Å²) in [7, 11) is 1.96. The van der Waals surface area contributed by atoms with Gasteiger partial charge in [-0.15, -0.1) is 0 Å². The molecule has 3 rings (SSSR count). The smallest absolute Gasteiger partial charge is 0.315 e.